The first-order chi connectivity index (χ1) is 13.1. The largest absolute Gasteiger partial charge is 0.375 e. The fourth-order valence-corrected chi connectivity index (χ4v) is 4.21. The lowest BCUT2D eigenvalue weighted by atomic mass is 9.78. The third-order valence-electron chi connectivity index (χ3n) is 5.65. The molecule has 7 nitrogen and oxygen atoms in total. The molecule has 0 unspecified atom stereocenters. The Labute approximate surface area is 158 Å². The highest BCUT2D eigenvalue weighted by molar-refractivity contribution is 5.98. The monoisotopic (exact) mass is 371 g/mol. The van der Waals surface area contributed by atoms with Gasteiger partial charge in [-0.15, -0.1) is 0 Å². The number of nitrogens with zero attached hydrogens (tertiary/aromatic N) is 1. The van der Waals surface area contributed by atoms with Crippen LogP contribution in [0.5, 0.6) is 0 Å². The molecule has 1 atom stereocenters. The molecule has 144 valence electrons. The van der Waals surface area contributed by atoms with E-state index in [-0.39, 0.29) is 24.0 Å². The van der Waals surface area contributed by atoms with Gasteiger partial charge in [0.2, 0.25) is 5.91 Å². The first-order valence-electron chi connectivity index (χ1n) is 9.38. The van der Waals surface area contributed by atoms with Crippen molar-refractivity contribution >= 4 is 22.7 Å². The van der Waals surface area contributed by atoms with Crippen LogP contribution in [0.25, 0.3) is 10.9 Å². The molecule has 2 amide bonds. The number of amides is 2. The van der Waals surface area contributed by atoms with Crippen LogP contribution in [0.15, 0.2) is 30.3 Å². The van der Waals surface area contributed by atoms with Crippen molar-refractivity contribution in [1.29, 1.82) is 0 Å². The van der Waals surface area contributed by atoms with Gasteiger partial charge in [0.15, 0.2) is 0 Å². The second-order valence-electron chi connectivity index (χ2n) is 7.40. The second kappa shape index (κ2) is 7.32. The van der Waals surface area contributed by atoms with Gasteiger partial charge in [0.05, 0.1) is 13.1 Å². The number of hydrogen-bond donors (Lipinski definition) is 2. The van der Waals surface area contributed by atoms with Crippen LogP contribution in [0, 0.1) is 5.92 Å². The lowest BCUT2D eigenvalue weighted by Crippen LogP contribution is -2.66. The molecule has 0 saturated carbocycles. The predicted octanol–water partition coefficient (Wildman–Crippen LogP) is 1.55. The molecule has 0 radical (unpaired) electrons. The van der Waals surface area contributed by atoms with Gasteiger partial charge in [0.25, 0.3) is 5.91 Å². The molecule has 27 heavy (non-hydrogen) atoms. The smallest absolute Gasteiger partial charge is 0.270 e. The fraction of sp³-hybridized carbons (Fsp3) is 0.500. The number of aromatic amines is 1. The van der Waals surface area contributed by atoms with Gasteiger partial charge in [0, 0.05) is 31.2 Å². The molecule has 2 N–H and O–H groups in total. The van der Waals surface area contributed by atoms with Crippen molar-refractivity contribution in [3.63, 3.8) is 0 Å². The molecule has 1 aromatic heterocycles. The quantitative estimate of drug-likeness (QED) is 0.807. The van der Waals surface area contributed by atoms with Gasteiger partial charge in [-0.25, -0.2) is 0 Å². The highest BCUT2D eigenvalue weighted by atomic mass is 16.5. The maximum absolute atomic E-state index is 12.8. The van der Waals surface area contributed by atoms with E-state index < -0.39 is 0 Å². The van der Waals surface area contributed by atoms with Gasteiger partial charge in [-0.2, -0.15) is 0 Å². The van der Waals surface area contributed by atoms with E-state index in [1.165, 1.54) is 7.11 Å². The number of benzene rings is 1. The zero-order chi connectivity index (χ0) is 18.9. The number of ether oxygens (including phenoxy) is 2. The Morgan fingerprint density at radius 1 is 1.37 bits per heavy atom. The van der Waals surface area contributed by atoms with E-state index in [1.807, 2.05) is 35.2 Å². The van der Waals surface area contributed by atoms with Crippen LogP contribution < -0.4 is 5.32 Å². The highest BCUT2D eigenvalue weighted by Gasteiger charge is 2.54. The van der Waals surface area contributed by atoms with Crippen molar-refractivity contribution < 1.29 is 19.1 Å². The molecule has 3 heterocycles. The van der Waals surface area contributed by atoms with Gasteiger partial charge < -0.3 is 24.7 Å². The van der Waals surface area contributed by atoms with Gasteiger partial charge in [0.1, 0.15) is 17.9 Å². The summed E-state index contributed by atoms with van der Waals surface area (Å²) in [6.45, 7) is 2.62. The van der Waals surface area contributed by atoms with Gasteiger partial charge in [-0.3, -0.25) is 9.59 Å². The standard InChI is InChI=1S/C20H25N3O4/c1-26-11-18(24)21-8-6-15-7-9-27-20(15)12-23(13-20)19(25)17-10-14-4-2-3-5-16(14)22-17/h2-5,10,15,22H,6-9,11-13H2,1H3,(H,21,24)/t15-/m1/s1. The first kappa shape index (κ1) is 18.0. The van der Waals surface area contributed by atoms with Crippen molar-refractivity contribution in [2.75, 3.05) is 40.0 Å². The molecular weight excluding hydrogens is 346 g/mol. The third-order valence-corrected chi connectivity index (χ3v) is 5.65. The van der Waals surface area contributed by atoms with E-state index in [9.17, 15) is 9.59 Å². The molecule has 1 aromatic carbocycles. The summed E-state index contributed by atoms with van der Waals surface area (Å²) < 4.78 is 10.8. The highest BCUT2D eigenvalue weighted by Crippen LogP contribution is 2.42. The molecule has 2 aromatic rings. The number of fused-ring (bicyclic) bond motifs is 1. The number of H-pyrrole nitrogens is 1. The van der Waals surface area contributed by atoms with Crippen LogP contribution in [-0.4, -0.2) is 67.3 Å². The minimum absolute atomic E-state index is 0.0134. The van der Waals surface area contributed by atoms with Crippen molar-refractivity contribution in [3.8, 4) is 0 Å². The minimum Gasteiger partial charge on any atom is -0.375 e. The van der Waals surface area contributed by atoms with Crippen molar-refractivity contribution in [2.45, 2.75) is 18.4 Å². The van der Waals surface area contributed by atoms with Crippen molar-refractivity contribution in [1.82, 2.24) is 15.2 Å². The number of likely N-dealkylation sites (tertiary alicyclic amines) is 1. The number of carbonyl (C=O) groups excluding carboxylic acids is 2. The molecule has 7 heteroatoms. The number of aromatic nitrogens is 1. The Balaban J connectivity index is 1.34. The summed E-state index contributed by atoms with van der Waals surface area (Å²) in [6.07, 6.45) is 1.82. The third kappa shape index (κ3) is 3.44. The Morgan fingerprint density at radius 2 is 2.19 bits per heavy atom. The normalized spacial score (nSPS) is 20.8. The SMILES string of the molecule is COCC(=O)NCC[C@@H]1CCOC12CN(C(=O)c1cc3ccccc3[nH]1)C2. The number of rotatable bonds is 6. The topological polar surface area (TPSA) is 83.7 Å². The average Bonchev–Trinajstić information content (AvgIpc) is 3.24. The molecule has 1 spiro atoms. The lowest BCUT2D eigenvalue weighted by Gasteiger charge is -2.50. The average molecular weight is 371 g/mol. The zero-order valence-corrected chi connectivity index (χ0v) is 15.5. The summed E-state index contributed by atoms with van der Waals surface area (Å²) in [4.78, 5) is 29.3. The number of carbonyl (C=O) groups is 2. The molecule has 0 bridgehead atoms. The van der Waals surface area contributed by atoms with Gasteiger partial charge >= 0.3 is 0 Å². The summed E-state index contributed by atoms with van der Waals surface area (Å²) in [6, 6.07) is 9.78. The van der Waals surface area contributed by atoms with Crippen LogP contribution in [0.2, 0.25) is 0 Å². The molecule has 0 aliphatic carbocycles. The van der Waals surface area contributed by atoms with Gasteiger partial charge in [-0.05, 0) is 30.9 Å². The van der Waals surface area contributed by atoms with Crippen molar-refractivity contribution in [3.05, 3.63) is 36.0 Å². The van der Waals surface area contributed by atoms with E-state index >= 15 is 0 Å². The van der Waals surface area contributed by atoms with Crippen LogP contribution in [0.4, 0.5) is 0 Å². The van der Waals surface area contributed by atoms with E-state index in [0.29, 0.717) is 37.9 Å². The number of methoxy groups -OCH3 is 1. The fourth-order valence-electron chi connectivity index (χ4n) is 4.21. The Kier molecular flexibility index (Phi) is 4.88. The van der Waals surface area contributed by atoms with Crippen molar-refractivity contribution in [2.24, 2.45) is 5.92 Å². The summed E-state index contributed by atoms with van der Waals surface area (Å²) in [5.41, 5.74) is 1.33. The first-order valence-corrected chi connectivity index (χ1v) is 9.38. The molecule has 2 fully saturated rings. The van der Waals surface area contributed by atoms with Gasteiger partial charge in [-0.1, -0.05) is 18.2 Å². The summed E-state index contributed by atoms with van der Waals surface area (Å²) in [5, 5.41) is 3.91. The number of hydrogen-bond acceptors (Lipinski definition) is 4. The summed E-state index contributed by atoms with van der Waals surface area (Å²) in [5.74, 6) is 0.265. The van der Waals surface area contributed by atoms with Crippen LogP contribution in [-0.2, 0) is 14.3 Å². The Bertz CT molecular complexity index is 808. The lowest BCUT2D eigenvalue weighted by molar-refractivity contribution is -0.126. The van der Waals surface area contributed by atoms with E-state index in [1.54, 1.807) is 0 Å². The van der Waals surface area contributed by atoms with Crippen LogP contribution in [0.1, 0.15) is 23.3 Å². The van der Waals surface area contributed by atoms with Crippen LogP contribution in [0.3, 0.4) is 0 Å². The molecule has 2 aliphatic heterocycles. The van der Waals surface area contributed by atoms with E-state index in [2.05, 4.69) is 10.3 Å². The number of para-hydroxylation sites is 1. The number of nitrogens with one attached hydrogen (secondary N) is 2. The maximum Gasteiger partial charge on any atom is 0.270 e. The molecule has 2 saturated heterocycles. The summed E-state index contributed by atoms with van der Waals surface area (Å²) >= 11 is 0. The second-order valence-corrected chi connectivity index (χ2v) is 7.40. The Hall–Kier alpha value is -2.38. The zero-order valence-electron chi connectivity index (χ0n) is 15.5. The minimum atomic E-state index is -0.256. The van der Waals surface area contributed by atoms with E-state index in [0.717, 1.165) is 23.7 Å². The predicted molar refractivity (Wildman–Crippen MR) is 100 cm³/mol. The van der Waals surface area contributed by atoms with Crippen LogP contribution >= 0.6 is 0 Å². The Morgan fingerprint density at radius 3 is 2.96 bits per heavy atom. The molecule has 2 aliphatic rings. The molecular formula is C20H25N3O4. The summed E-state index contributed by atoms with van der Waals surface area (Å²) in [7, 11) is 1.51. The van der Waals surface area contributed by atoms with E-state index in [4.69, 9.17) is 9.47 Å². The maximum atomic E-state index is 12.8. The molecule has 4 rings (SSSR count).